The second kappa shape index (κ2) is 8.65. The topological polar surface area (TPSA) is 75.7 Å². The number of sulfonamides is 1. The number of hydrogen-bond donors (Lipinski definition) is 1. The zero-order valence-corrected chi connectivity index (χ0v) is 17.0. The molecule has 0 saturated carbocycles. The number of halogens is 3. The number of alkyl halides is 3. The number of rotatable bonds is 5. The third kappa shape index (κ3) is 4.76. The molecule has 1 N–H and O–H groups in total. The minimum absolute atomic E-state index is 0.0442. The fourth-order valence-corrected chi connectivity index (χ4v) is 4.84. The van der Waals surface area contributed by atoms with Crippen LogP contribution in [0.1, 0.15) is 18.4 Å². The largest absolute Gasteiger partial charge is 0.495 e. The van der Waals surface area contributed by atoms with Crippen molar-refractivity contribution in [3.05, 3.63) is 54.1 Å². The van der Waals surface area contributed by atoms with Crippen LogP contribution in [0.4, 0.5) is 18.9 Å². The van der Waals surface area contributed by atoms with E-state index >= 15 is 0 Å². The van der Waals surface area contributed by atoms with Gasteiger partial charge in [0.05, 0.1) is 23.3 Å². The second-order valence-electron chi connectivity index (χ2n) is 6.89. The number of hydrogen-bond acceptors (Lipinski definition) is 4. The molecular weight excluding hydrogens is 421 g/mol. The van der Waals surface area contributed by atoms with Gasteiger partial charge < -0.3 is 10.1 Å². The highest BCUT2D eigenvalue weighted by atomic mass is 32.2. The molecule has 0 atom stereocenters. The number of benzene rings is 2. The minimum Gasteiger partial charge on any atom is -0.495 e. The Morgan fingerprint density at radius 3 is 2.40 bits per heavy atom. The van der Waals surface area contributed by atoms with Crippen molar-refractivity contribution in [3.63, 3.8) is 0 Å². The summed E-state index contributed by atoms with van der Waals surface area (Å²) in [7, 11) is -2.59. The highest BCUT2D eigenvalue weighted by Gasteiger charge is 2.35. The van der Waals surface area contributed by atoms with E-state index in [2.05, 4.69) is 5.32 Å². The molecule has 2 aromatic carbocycles. The van der Waals surface area contributed by atoms with Crippen LogP contribution >= 0.6 is 0 Å². The molecule has 0 unspecified atom stereocenters. The van der Waals surface area contributed by atoms with Crippen molar-refractivity contribution in [2.75, 3.05) is 25.5 Å². The van der Waals surface area contributed by atoms with E-state index in [9.17, 15) is 26.4 Å². The normalized spacial score (nSPS) is 16.3. The van der Waals surface area contributed by atoms with Crippen LogP contribution in [0.5, 0.6) is 5.75 Å². The molecule has 0 aliphatic carbocycles. The van der Waals surface area contributed by atoms with E-state index in [1.165, 1.54) is 7.11 Å². The Bertz CT molecular complexity index is 1020. The molecule has 0 spiro atoms. The van der Waals surface area contributed by atoms with Crippen LogP contribution in [0.2, 0.25) is 0 Å². The summed E-state index contributed by atoms with van der Waals surface area (Å²) in [6.07, 6.45) is -4.10. The smallest absolute Gasteiger partial charge is 0.416 e. The molecule has 1 fully saturated rings. The Hall–Kier alpha value is -2.59. The van der Waals surface area contributed by atoms with Gasteiger partial charge in [0.1, 0.15) is 5.75 Å². The predicted molar refractivity (Wildman–Crippen MR) is 105 cm³/mol. The van der Waals surface area contributed by atoms with Crippen LogP contribution in [-0.4, -0.2) is 38.8 Å². The number of anilines is 1. The van der Waals surface area contributed by atoms with E-state index in [0.29, 0.717) is 17.5 Å². The molecule has 10 heteroatoms. The molecule has 30 heavy (non-hydrogen) atoms. The lowest BCUT2D eigenvalue weighted by molar-refractivity contribution is -0.137. The first-order valence-electron chi connectivity index (χ1n) is 9.24. The van der Waals surface area contributed by atoms with Crippen LogP contribution in [0.25, 0.3) is 0 Å². The summed E-state index contributed by atoms with van der Waals surface area (Å²) >= 11 is 0. The molecule has 0 bridgehead atoms. The number of piperidine rings is 1. The minimum atomic E-state index is -4.63. The molecule has 1 aliphatic heterocycles. The van der Waals surface area contributed by atoms with Crippen LogP contribution in [-0.2, 0) is 21.0 Å². The van der Waals surface area contributed by atoms with Gasteiger partial charge in [0.2, 0.25) is 15.9 Å². The van der Waals surface area contributed by atoms with E-state index in [0.717, 1.165) is 22.5 Å². The lowest BCUT2D eigenvalue weighted by atomic mass is 9.97. The third-order valence-electron chi connectivity index (χ3n) is 4.99. The van der Waals surface area contributed by atoms with Crippen molar-refractivity contribution in [3.8, 4) is 5.75 Å². The molecule has 1 amide bonds. The number of nitrogens with one attached hydrogen (secondary N) is 1. The molecule has 0 radical (unpaired) electrons. The standard InChI is InChI=1S/C20H21F3N2O4S/c1-29-18-8-3-2-7-17(18)24-19(26)14-9-11-25(12-10-14)30(27,28)16-6-4-5-15(13-16)20(21,22)23/h2-8,13-14H,9-12H2,1H3,(H,24,26). The monoisotopic (exact) mass is 442 g/mol. The van der Waals surface area contributed by atoms with Gasteiger partial charge in [-0.15, -0.1) is 0 Å². The van der Waals surface area contributed by atoms with Crippen LogP contribution in [0, 0.1) is 5.92 Å². The Kier molecular flexibility index (Phi) is 6.37. The summed E-state index contributed by atoms with van der Waals surface area (Å²) in [5, 5.41) is 2.78. The van der Waals surface area contributed by atoms with Crippen molar-refractivity contribution < 1.29 is 31.1 Å². The van der Waals surface area contributed by atoms with E-state index < -0.39 is 32.6 Å². The van der Waals surface area contributed by atoms with Crippen LogP contribution < -0.4 is 10.1 Å². The molecule has 162 valence electrons. The molecule has 3 rings (SSSR count). The van der Waals surface area contributed by atoms with E-state index in [1.54, 1.807) is 24.3 Å². The number of carbonyl (C=O) groups is 1. The number of amides is 1. The van der Waals surface area contributed by atoms with Crippen molar-refractivity contribution in [2.24, 2.45) is 5.92 Å². The first kappa shape index (κ1) is 22.1. The van der Waals surface area contributed by atoms with Crippen molar-refractivity contribution in [2.45, 2.75) is 23.9 Å². The number of nitrogens with zero attached hydrogens (tertiary/aromatic N) is 1. The average molecular weight is 442 g/mol. The van der Waals surface area contributed by atoms with Gasteiger partial charge in [-0.05, 0) is 43.2 Å². The summed E-state index contributed by atoms with van der Waals surface area (Å²) in [6.45, 7) is 0.0885. The summed E-state index contributed by atoms with van der Waals surface area (Å²) in [5.41, 5.74) is -0.501. The zero-order chi connectivity index (χ0) is 21.9. The molecule has 0 aromatic heterocycles. The van der Waals surface area contributed by atoms with Gasteiger partial charge >= 0.3 is 6.18 Å². The van der Waals surface area contributed by atoms with Gasteiger partial charge in [-0.3, -0.25) is 4.79 Å². The second-order valence-corrected chi connectivity index (χ2v) is 8.83. The quantitative estimate of drug-likeness (QED) is 0.765. The lowest BCUT2D eigenvalue weighted by Crippen LogP contribution is -2.41. The Balaban J connectivity index is 1.67. The van der Waals surface area contributed by atoms with Crippen LogP contribution in [0.15, 0.2) is 53.4 Å². The van der Waals surface area contributed by atoms with Crippen molar-refractivity contribution >= 4 is 21.6 Å². The molecule has 1 aliphatic rings. The van der Waals surface area contributed by atoms with Gasteiger partial charge in [0, 0.05) is 19.0 Å². The Morgan fingerprint density at radius 1 is 1.10 bits per heavy atom. The van der Waals surface area contributed by atoms with Crippen molar-refractivity contribution in [1.82, 2.24) is 4.31 Å². The number of ether oxygens (including phenoxy) is 1. The fourth-order valence-electron chi connectivity index (χ4n) is 3.32. The maximum absolute atomic E-state index is 12.9. The lowest BCUT2D eigenvalue weighted by Gasteiger charge is -2.30. The van der Waals surface area contributed by atoms with Gasteiger partial charge in [-0.1, -0.05) is 18.2 Å². The first-order chi connectivity index (χ1) is 14.1. The summed E-state index contributed by atoms with van der Waals surface area (Å²) in [5.74, 6) is -0.158. The average Bonchev–Trinajstić information content (AvgIpc) is 2.73. The summed E-state index contributed by atoms with van der Waals surface area (Å²) in [6, 6.07) is 10.6. The summed E-state index contributed by atoms with van der Waals surface area (Å²) < 4.78 is 70.6. The Morgan fingerprint density at radius 2 is 1.77 bits per heavy atom. The van der Waals surface area contributed by atoms with Gasteiger partial charge in [-0.25, -0.2) is 8.42 Å². The SMILES string of the molecule is COc1ccccc1NC(=O)C1CCN(S(=O)(=O)c2cccc(C(F)(F)F)c2)CC1. The van der Waals surface area contributed by atoms with E-state index in [-0.39, 0.29) is 31.8 Å². The fraction of sp³-hybridized carbons (Fsp3) is 0.350. The van der Waals surface area contributed by atoms with Crippen LogP contribution in [0.3, 0.4) is 0 Å². The van der Waals surface area contributed by atoms with Gasteiger partial charge in [0.15, 0.2) is 0 Å². The third-order valence-corrected chi connectivity index (χ3v) is 6.88. The zero-order valence-electron chi connectivity index (χ0n) is 16.1. The number of methoxy groups -OCH3 is 1. The summed E-state index contributed by atoms with van der Waals surface area (Å²) in [4.78, 5) is 12.1. The number of carbonyl (C=O) groups excluding carboxylic acids is 1. The molecule has 2 aromatic rings. The first-order valence-corrected chi connectivity index (χ1v) is 10.7. The maximum atomic E-state index is 12.9. The van der Waals surface area contributed by atoms with E-state index in [4.69, 9.17) is 4.74 Å². The number of para-hydroxylation sites is 2. The highest BCUT2D eigenvalue weighted by Crippen LogP contribution is 2.32. The maximum Gasteiger partial charge on any atom is 0.416 e. The van der Waals surface area contributed by atoms with Gasteiger partial charge in [-0.2, -0.15) is 17.5 Å². The molecule has 1 saturated heterocycles. The highest BCUT2D eigenvalue weighted by molar-refractivity contribution is 7.89. The van der Waals surface area contributed by atoms with E-state index in [1.807, 2.05) is 0 Å². The molecular formula is C20H21F3N2O4S. The Labute approximate surface area is 172 Å². The molecule has 6 nitrogen and oxygen atoms in total. The van der Waals surface area contributed by atoms with Gasteiger partial charge in [0.25, 0.3) is 0 Å². The molecule has 1 heterocycles. The predicted octanol–water partition coefficient (Wildman–Crippen LogP) is 3.75. The van der Waals surface area contributed by atoms with Crippen molar-refractivity contribution in [1.29, 1.82) is 0 Å².